The van der Waals surface area contributed by atoms with E-state index in [0.717, 1.165) is 25.2 Å². The molecule has 0 heterocycles. The SMILES string of the molecule is CC(C)CCCCCCCCCCCCCCCCC[P+](O)(O)O. The summed E-state index contributed by atoms with van der Waals surface area (Å²) in [6, 6.07) is 0. The van der Waals surface area contributed by atoms with Gasteiger partial charge in [-0.05, 0) is 18.8 Å². The highest BCUT2D eigenvalue weighted by molar-refractivity contribution is 7.58. The predicted octanol–water partition coefficient (Wildman–Crippen LogP) is 6.62. The van der Waals surface area contributed by atoms with Gasteiger partial charge in [-0.1, -0.05) is 104 Å². The second kappa shape index (κ2) is 16.8. The van der Waals surface area contributed by atoms with Crippen molar-refractivity contribution < 1.29 is 14.7 Å². The van der Waals surface area contributed by atoms with Gasteiger partial charge < -0.3 is 0 Å². The molecule has 4 heteroatoms. The van der Waals surface area contributed by atoms with E-state index in [9.17, 15) is 0 Å². The van der Waals surface area contributed by atoms with Crippen molar-refractivity contribution in [2.45, 2.75) is 117 Å². The molecule has 0 saturated carbocycles. The first kappa shape index (κ1) is 24.3. The lowest BCUT2D eigenvalue weighted by Gasteiger charge is -2.05. The van der Waals surface area contributed by atoms with Crippen molar-refractivity contribution >= 4 is 7.94 Å². The Bertz CT molecular complexity index is 252. The van der Waals surface area contributed by atoms with E-state index >= 15 is 0 Å². The molecule has 0 saturated heterocycles. The van der Waals surface area contributed by atoms with Gasteiger partial charge in [-0.25, -0.2) is 0 Å². The zero-order valence-electron chi connectivity index (χ0n) is 16.4. The van der Waals surface area contributed by atoms with E-state index in [4.69, 9.17) is 14.7 Å². The smallest absolute Gasteiger partial charge is 0.193 e. The molecular weight excluding hydrogens is 319 g/mol. The first-order valence-corrected chi connectivity index (χ1v) is 12.3. The lowest BCUT2D eigenvalue weighted by Crippen LogP contribution is -1.95. The number of unbranched alkanes of at least 4 members (excludes halogenated alkanes) is 14. The molecule has 0 aliphatic heterocycles. The van der Waals surface area contributed by atoms with Crippen molar-refractivity contribution in [1.82, 2.24) is 0 Å². The quantitative estimate of drug-likeness (QED) is 0.189. The maximum absolute atomic E-state index is 8.87. The standard InChI is InChI=1S/C20H44O3P/c1-20(2)18-16-14-12-10-8-6-4-3-5-7-9-11-13-15-17-19-24(21,22)23/h20-23H,3-19H2,1-2H3/q+1. The molecule has 3 N–H and O–H groups in total. The minimum atomic E-state index is -3.51. The van der Waals surface area contributed by atoms with Gasteiger partial charge in [-0.2, -0.15) is 14.7 Å². The second-order valence-electron chi connectivity index (χ2n) is 7.90. The number of hydrogen-bond donors (Lipinski definition) is 3. The molecular formula is C20H44O3P+. The molecule has 0 bridgehead atoms. The van der Waals surface area contributed by atoms with E-state index in [1.54, 1.807) is 0 Å². The fourth-order valence-electron chi connectivity index (χ4n) is 3.17. The molecule has 0 spiro atoms. The fraction of sp³-hybridized carbons (Fsp3) is 1.00. The van der Waals surface area contributed by atoms with E-state index in [1.807, 2.05) is 0 Å². The average molecular weight is 364 g/mol. The molecule has 0 atom stereocenters. The van der Waals surface area contributed by atoms with Crippen molar-refractivity contribution in [1.29, 1.82) is 0 Å². The molecule has 24 heavy (non-hydrogen) atoms. The van der Waals surface area contributed by atoms with E-state index in [1.165, 1.54) is 83.5 Å². The Morgan fingerprint density at radius 3 is 1.08 bits per heavy atom. The highest BCUT2D eigenvalue weighted by atomic mass is 31.2. The monoisotopic (exact) mass is 363 g/mol. The third-order valence-corrected chi connectivity index (χ3v) is 5.66. The minimum Gasteiger partial charge on any atom is -0.193 e. The molecule has 0 aromatic rings. The molecule has 0 rings (SSSR count). The molecule has 0 fully saturated rings. The van der Waals surface area contributed by atoms with Crippen LogP contribution in [-0.2, 0) is 0 Å². The van der Waals surface area contributed by atoms with Gasteiger partial charge in [0.2, 0.25) is 0 Å². The molecule has 0 aromatic heterocycles. The topological polar surface area (TPSA) is 60.7 Å². The predicted molar refractivity (Wildman–Crippen MR) is 107 cm³/mol. The van der Waals surface area contributed by atoms with Gasteiger partial charge >= 0.3 is 7.94 Å². The van der Waals surface area contributed by atoms with Gasteiger partial charge in [0.25, 0.3) is 0 Å². The summed E-state index contributed by atoms with van der Waals surface area (Å²) in [5.74, 6) is 0.868. The maximum Gasteiger partial charge on any atom is 0.403 e. The average Bonchev–Trinajstić information content (AvgIpc) is 2.49. The number of hydrogen-bond acceptors (Lipinski definition) is 3. The van der Waals surface area contributed by atoms with Crippen LogP contribution in [0, 0.1) is 5.92 Å². The lowest BCUT2D eigenvalue weighted by atomic mass is 10.0. The van der Waals surface area contributed by atoms with Gasteiger partial charge in [0, 0.05) is 0 Å². The largest absolute Gasteiger partial charge is 0.403 e. The summed E-state index contributed by atoms with van der Waals surface area (Å²) in [5, 5.41) is 0. The van der Waals surface area contributed by atoms with Gasteiger partial charge in [0.15, 0.2) is 0 Å². The van der Waals surface area contributed by atoms with Crippen molar-refractivity contribution in [2.24, 2.45) is 5.92 Å². The molecule has 0 unspecified atom stereocenters. The number of rotatable bonds is 18. The molecule has 146 valence electrons. The molecule has 0 aliphatic rings. The molecule has 0 radical (unpaired) electrons. The summed E-state index contributed by atoms with van der Waals surface area (Å²) in [7, 11) is -3.51. The van der Waals surface area contributed by atoms with Crippen molar-refractivity contribution in [3.8, 4) is 0 Å². The molecule has 3 nitrogen and oxygen atoms in total. The third-order valence-electron chi connectivity index (χ3n) is 4.74. The molecule has 0 aromatic carbocycles. The van der Waals surface area contributed by atoms with Crippen LogP contribution < -0.4 is 0 Å². The molecule has 0 amide bonds. The minimum absolute atomic E-state index is 0.171. The molecule has 0 aliphatic carbocycles. The van der Waals surface area contributed by atoms with E-state index < -0.39 is 7.94 Å². The van der Waals surface area contributed by atoms with Crippen LogP contribution in [0.2, 0.25) is 0 Å². The zero-order valence-corrected chi connectivity index (χ0v) is 17.3. The van der Waals surface area contributed by atoms with Crippen LogP contribution in [0.15, 0.2) is 0 Å². The summed E-state index contributed by atoms with van der Waals surface area (Å²) in [5.41, 5.74) is 0. The second-order valence-corrected chi connectivity index (χ2v) is 9.73. The Morgan fingerprint density at radius 1 is 0.500 bits per heavy atom. The van der Waals surface area contributed by atoms with Crippen LogP contribution in [0.5, 0.6) is 0 Å². The van der Waals surface area contributed by atoms with E-state index in [-0.39, 0.29) is 6.16 Å². The van der Waals surface area contributed by atoms with Crippen LogP contribution in [-0.4, -0.2) is 20.8 Å². The van der Waals surface area contributed by atoms with Crippen LogP contribution in [0.1, 0.15) is 117 Å². The van der Waals surface area contributed by atoms with Crippen LogP contribution >= 0.6 is 7.94 Å². The van der Waals surface area contributed by atoms with E-state index in [2.05, 4.69) is 13.8 Å². The van der Waals surface area contributed by atoms with Gasteiger partial charge in [-0.15, -0.1) is 0 Å². The Labute approximate surface area is 151 Å². The highest BCUT2D eigenvalue weighted by Crippen LogP contribution is 2.45. The first-order chi connectivity index (χ1) is 11.4. The van der Waals surface area contributed by atoms with Crippen molar-refractivity contribution in [2.75, 3.05) is 6.16 Å². The highest BCUT2D eigenvalue weighted by Gasteiger charge is 2.27. The van der Waals surface area contributed by atoms with Gasteiger partial charge in [0.1, 0.15) is 6.16 Å². The normalized spacial score (nSPS) is 12.2. The summed E-state index contributed by atoms with van der Waals surface area (Å²) in [4.78, 5) is 26.6. The fourth-order valence-corrected chi connectivity index (χ4v) is 3.82. The van der Waals surface area contributed by atoms with Crippen LogP contribution in [0.3, 0.4) is 0 Å². The van der Waals surface area contributed by atoms with Gasteiger partial charge in [-0.3, -0.25) is 0 Å². The Morgan fingerprint density at radius 2 is 0.792 bits per heavy atom. The van der Waals surface area contributed by atoms with Crippen molar-refractivity contribution in [3.05, 3.63) is 0 Å². The first-order valence-electron chi connectivity index (χ1n) is 10.5. The van der Waals surface area contributed by atoms with Crippen LogP contribution in [0.4, 0.5) is 0 Å². The maximum atomic E-state index is 8.87. The van der Waals surface area contributed by atoms with Crippen LogP contribution in [0.25, 0.3) is 0 Å². The van der Waals surface area contributed by atoms with E-state index in [0.29, 0.717) is 0 Å². The Kier molecular flexibility index (Phi) is 17.0. The summed E-state index contributed by atoms with van der Waals surface area (Å²) in [6.07, 6.45) is 21.0. The van der Waals surface area contributed by atoms with Gasteiger partial charge in [0.05, 0.1) is 0 Å². The zero-order chi connectivity index (χ0) is 18.1. The Hall–Kier alpha value is 0.310. The summed E-state index contributed by atoms with van der Waals surface area (Å²) < 4.78 is 0. The van der Waals surface area contributed by atoms with Crippen molar-refractivity contribution in [3.63, 3.8) is 0 Å². The lowest BCUT2D eigenvalue weighted by molar-refractivity contribution is 0.328. The summed E-state index contributed by atoms with van der Waals surface area (Å²) >= 11 is 0. The third kappa shape index (κ3) is 22.3. The summed E-state index contributed by atoms with van der Waals surface area (Å²) in [6.45, 7) is 4.63. The Balaban J connectivity index is 3.03.